The Labute approximate surface area is 113 Å². The number of hydrogen-bond acceptors (Lipinski definition) is 3. The van der Waals surface area contributed by atoms with Crippen LogP contribution >= 0.6 is 11.6 Å². The highest BCUT2D eigenvalue weighted by molar-refractivity contribution is 7.89. The maximum absolute atomic E-state index is 12.4. The van der Waals surface area contributed by atoms with Crippen LogP contribution in [0.15, 0.2) is 23.4 Å². The van der Waals surface area contributed by atoms with Gasteiger partial charge in [0.05, 0.1) is 5.02 Å². The molecule has 2 rings (SSSR count). The molecule has 1 aromatic heterocycles. The Kier molecular flexibility index (Phi) is 4.25. The largest absolute Gasteiger partial charge is 0.263 e. The van der Waals surface area contributed by atoms with Crippen LogP contribution in [-0.2, 0) is 10.0 Å². The summed E-state index contributed by atoms with van der Waals surface area (Å²) in [5.74, 6) is 0.472. The summed E-state index contributed by atoms with van der Waals surface area (Å²) in [6.07, 6.45) is 5.92. The Bertz CT molecular complexity index is 519. The normalized spacial score (nSPS) is 21.3. The minimum atomic E-state index is -3.48. The van der Waals surface area contributed by atoms with Crippen molar-refractivity contribution in [1.29, 1.82) is 0 Å². The van der Waals surface area contributed by atoms with Crippen LogP contribution in [0.25, 0.3) is 0 Å². The van der Waals surface area contributed by atoms with E-state index in [1.54, 1.807) is 0 Å². The van der Waals surface area contributed by atoms with Gasteiger partial charge in [-0.3, -0.25) is 4.98 Å². The number of nitrogens with zero attached hydrogens (tertiary/aromatic N) is 2. The lowest BCUT2D eigenvalue weighted by Gasteiger charge is -2.17. The standard InChI is InChI=1S/C12H17ClN2O2S/c1-2-3-10-5-7-15(9-10)18(16,17)12-8-14-6-4-11(12)13/h4,6,8,10H,2-3,5,7,9H2,1H3. The third-order valence-electron chi connectivity index (χ3n) is 3.30. The summed E-state index contributed by atoms with van der Waals surface area (Å²) in [4.78, 5) is 3.96. The lowest BCUT2D eigenvalue weighted by Crippen LogP contribution is -2.29. The molecule has 6 heteroatoms. The van der Waals surface area contributed by atoms with Crippen molar-refractivity contribution in [3.05, 3.63) is 23.5 Å². The maximum atomic E-state index is 12.4. The van der Waals surface area contributed by atoms with Gasteiger partial charge in [-0.15, -0.1) is 0 Å². The van der Waals surface area contributed by atoms with Gasteiger partial charge in [0.15, 0.2) is 0 Å². The third-order valence-corrected chi connectivity index (χ3v) is 5.63. The Balaban J connectivity index is 2.21. The average Bonchev–Trinajstić information content (AvgIpc) is 2.79. The molecule has 0 N–H and O–H groups in total. The summed E-state index contributed by atoms with van der Waals surface area (Å²) in [5.41, 5.74) is 0. The van der Waals surface area contributed by atoms with Gasteiger partial charge in [0.2, 0.25) is 10.0 Å². The first-order chi connectivity index (χ1) is 8.55. The molecule has 1 unspecified atom stereocenters. The molecule has 0 bridgehead atoms. The van der Waals surface area contributed by atoms with Gasteiger partial charge in [-0.25, -0.2) is 8.42 Å². The molecule has 0 aromatic carbocycles. The molecule has 0 amide bonds. The van der Waals surface area contributed by atoms with E-state index in [1.165, 1.54) is 22.8 Å². The second kappa shape index (κ2) is 5.55. The second-order valence-electron chi connectivity index (χ2n) is 4.61. The third kappa shape index (κ3) is 2.68. The molecule has 1 atom stereocenters. The Hall–Kier alpha value is -0.650. The molecule has 18 heavy (non-hydrogen) atoms. The first-order valence-electron chi connectivity index (χ1n) is 6.15. The highest BCUT2D eigenvalue weighted by Crippen LogP contribution is 2.29. The van der Waals surface area contributed by atoms with Crippen LogP contribution < -0.4 is 0 Å². The lowest BCUT2D eigenvalue weighted by atomic mass is 10.0. The van der Waals surface area contributed by atoms with Crippen molar-refractivity contribution in [2.45, 2.75) is 31.1 Å². The number of pyridine rings is 1. The first kappa shape index (κ1) is 13.8. The zero-order chi connectivity index (χ0) is 13.2. The molecule has 0 spiro atoms. The monoisotopic (exact) mass is 288 g/mol. The van der Waals surface area contributed by atoms with Crippen LogP contribution in [0.4, 0.5) is 0 Å². The highest BCUT2D eigenvalue weighted by atomic mass is 35.5. The van der Waals surface area contributed by atoms with E-state index in [0.29, 0.717) is 19.0 Å². The zero-order valence-electron chi connectivity index (χ0n) is 10.3. The molecule has 100 valence electrons. The van der Waals surface area contributed by atoms with Crippen molar-refractivity contribution in [3.8, 4) is 0 Å². The van der Waals surface area contributed by atoms with Gasteiger partial charge in [0.25, 0.3) is 0 Å². The summed E-state index contributed by atoms with van der Waals surface area (Å²) in [7, 11) is -3.48. The summed E-state index contributed by atoms with van der Waals surface area (Å²) < 4.78 is 26.3. The van der Waals surface area contributed by atoms with Crippen LogP contribution in [0, 0.1) is 5.92 Å². The van der Waals surface area contributed by atoms with Crippen molar-refractivity contribution in [2.75, 3.05) is 13.1 Å². The van der Waals surface area contributed by atoms with Crippen LogP contribution in [0.3, 0.4) is 0 Å². The van der Waals surface area contributed by atoms with Gasteiger partial charge in [-0.2, -0.15) is 4.31 Å². The minimum Gasteiger partial charge on any atom is -0.263 e. The zero-order valence-corrected chi connectivity index (χ0v) is 11.9. The fraction of sp³-hybridized carbons (Fsp3) is 0.583. The Morgan fingerprint density at radius 1 is 1.56 bits per heavy atom. The lowest BCUT2D eigenvalue weighted by molar-refractivity contribution is 0.444. The van der Waals surface area contributed by atoms with Crippen LogP contribution in [0.1, 0.15) is 26.2 Å². The van der Waals surface area contributed by atoms with Crippen molar-refractivity contribution in [1.82, 2.24) is 9.29 Å². The van der Waals surface area contributed by atoms with Crippen molar-refractivity contribution < 1.29 is 8.42 Å². The summed E-state index contributed by atoms with van der Waals surface area (Å²) >= 11 is 5.94. The molecule has 1 aliphatic rings. The van der Waals surface area contributed by atoms with Gasteiger partial charge in [-0.1, -0.05) is 24.9 Å². The summed E-state index contributed by atoms with van der Waals surface area (Å²) in [6, 6.07) is 1.51. The van der Waals surface area contributed by atoms with Crippen LogP contribution in [0.2, 0.25) is 5.02 Å². The summed E-state index contributed by atoms with van der Waals surface area (Å²) in [6.45, 7) is 3.30. The molecule has 0 radical (unpaired) electrons. The Morgan fingerprint density at radius 3 is 3.00 bits per heavy atom. The van der Waals surface area contributed by atoms with Gasteiger partial charge in [-0.05, 0) is 24.8 Å². The van der Waals surface area contributed by atoms with Crippen LogP contribution in [-0.4, -0.2) is 30.8 Å². The van der Waals surface area contributed by atoms with Gasteiger partial charge < -0.3 is 0 Å². The predicted molar refractivity (Wildman–Crippen MR) is 71.0 cm³/mol. The first-order valence-corrected chi connectivity index (χ1v) is 7.97. The number of aromatic nitrogens is 1. The number of halogens is 1. The average molecular weight is 289 g/mol. The maximum Gasteiger partial charge on any atom is 0.246 e. The fourth-order valence-corrected chi connectivity index (χ4v) is 4.29. The second-order valence-corrected chi connectivity index (χ2v) is 6.93. The van der Waals surface area contributed by atoms with E-state index < -0.39 is 10.0 Å². The molecule has 0 aliphatic carbocycles. The molecular weight excluding hydrogens is 272 g/mol. The predicted octanol–water partition coefficient (Wildman–Crippen LogP) is 2.55. The number of rotatable bonds is 4. The van der Waals surface area contributed by atoms with E-state index >= 15 is 0 Å². The number of hydrogen-bond donors (Lipinski definition) is 0. The molecule has 1 aliphatic heterocycles. The van der Waals surface area contributed by atoms with Gasteiger partial charge in [0.1, 0.15) is 4.90 Å². The van der Waals surface area contributed by atoms with Gasteiger partial charge in [0, 0.05) is 25.5 Å². The Morgan fingerprint density at radius 2 is 2.33 bits per heavy atom. The van der Waals surface area contributed by atoms with Crippen molar-refractivity contribution >= 4 is 21.6 Å². The van der Waals surface area contributed by atoms with E-state index in [9.17, 15) is 8.42 Å². The van der Waals surface area contributed by atoms with E-state index in [1.807, 2.05) is 0 Å². The summed E-state index contributed by atoms with van der Waals surface area (Å²) in [5, 5.41) is 0.240. The quantitative estimate of drug-likeness (QED) is 0.855. The molecule has 1 fully saturated rings. The molecular formula is C12H17ClN2O2S. The SMILES string of the molecule is CCCC1CCN(S(=O)(=O)c2cnccc2Cl)C1. The van der Waals surface area contributed by atoms with Gasteiger partial charge >= 0.3 is 0 Å². The number of sulfonamides is 1. The minimum absolute atomic E-state index is 0.115. The molecule has 1 aromatic rings. The molecule has 1 saturated heterocycles. The molecule has 0 saturated carbocycles. The van der Waals surface area contributed by atoms with E-state index in [4.69, 9.17) is 11.6 Å². The van der Waals surface area contributed by atoms with E-state index in [2.05, 4.69) is 11.9 Å². The molecule has 4 nitrogen and oxygen atoms in total. The van der Waals surface area contributed by atoms with E-state index in [0.717, 1.165) is 19.3 Å². The van der Waals surface area contributed by atoms with Crippen molar-refractivity contribution in [2.24, 2.45) is 5.92 Å². The highest BCUT2D eigenvalue weighted by Gasteiger charge is 2.33. The topological polar surface area (TPSA) is 50.3 Å². The van der Waals surface area contributed by atoms with Crippen molar-refractivity contribution in [3.63, 3.8) is 0 Å². The van der Waals surface area contributed by atoms with Crippen LogP contribution in [0.5, 0.6) is 0 Å². The molecule has 2 heterocycles. The fourth-order valence-electron chi connectivity index (χ4n) is 2.35. The van der Waals surface area contributed by atoms with E-state index in [-0.39, 0.29) is 9.92 Å². The smallest absolute Gasteiger partial charge is 0.246 e.